The largest absolute Gasteiger partial charge is 0.447 e. The monoisotopic (exact) mass is 380 g/mol. The van der Waals surface area contributed by atoms with Crippen LogP contribution in [-0.4, -0.2) is 35.7 Å². The molecule has 146 valence electrons. The zero-order valence-electron chi connectivity index (χ0n) is 15.9. The third kappa shape index (κ3) is 3.36. The Morgan fingerprint density at radius 1 is 0.964 bits per heavy atom. The molecule has 2 heterocycles. The van der Waals surface area contributed by atoms with Gasteiger partial charge in [0.15, 0.2) is 6.23 Å². The Hall–Kier alpha value is -2.86. The molecule has 2 aliphatic rings. The number of rotatable bonds is 4. The standard InChI is InChI=1S/C22H24N2O4/c1-14(2)19-18(20(25)23-21(28-19)16-11-7-4-8-12-16)24-17(13-27-22(24)26)15-9-5-3-6-10-15/h3-12,14,17-19,21H,13H2,1-2H3,(H,23,25)/t17-,18-,19+,21+/m1/s1. The van der Waals surface area contributed by atoms with Gasteiger partial charge in [0.05, 0.1) is 12.1 Å². The van der Waals surface area contributed by atoms with Gasteiger partial charge in [-0.2, -0.15) is 0 Å². The molecular weight excluding hydrogens is 356 g/mol. The molecule has 0 aromatic heterocycles. The summed E-state index contributed by atoms with van der Waals surface area (Å²) < 4.78 is 11.6. The SMILES string of the molecule is CC(C)[C@@H]1O[C@@H](c2ccccc2)NC(=O)[C@@H]1N1C(=O)OC[C@@H]1c1ccccc1. The van der Waals surface area contributed by atoms with Crippen molar-refractivity contribution in [1.82, 2.24) is 10.2 Å². The first-order chi connectivity index (χ1) is 13.6. The van der Waals surface area contributed by atoms with Gasteiger partial charge in [0.1, 0.15) is 12.6 Å². The molecule has 0 bridgehead atoms. The van der Waals surface area contributed by atoms with Crippen LogP contribution in [0.5, 0.6) is 0 Å². The maximum atomic E-state index is 13.2. The van der Waals surface area contributed by atoms with Gasteiger partial charge in [-0.05, 0) is 11.5 Å². The summed E-state index contributed by atoms with van der Waals surface area (Å²) in [6, 6.07) is 18.1. The number of ether oxygens (including phenoxy) is 2. The van der Waals surface area contributed by atoms with Crippen LogP contribution in [0.3, 0.4) is 0 Å². The Bertz CT molecular complexity index is 840. The van der Waals surface area contributed by atoms with Crippen LogP contribution in [0.2, 0.25) is 0 Å². The molecule has 2 aliphatic heterocycles. The third-order valence-electron chi connectivity index (χ3n) is 5.30. The summed E-state index contributed by atoms with van der Waals surface area (Å²) in [5.41, 5.74) is 1.82. The van der Waals surface area contributed by atoms with Crippen molar-refractivity contribution >= 4 is 12.0 Å². The highest BCUT2D eigenvalue weighted by molar-refractivity contribution is 5.88. The molecule has 6 heteroatoms. The van der Waals surface area contributed by atoms with E-state index in [1.807, 2.05) is 74.5 Å². The summed E-state index contributed by atoms with van der Waals surface area (Å²) in [6.07, 6.45) is -1.47. The third-order valence-corrected chi connectivity index (χ3v) is 5.30. The van der Waals surface area contributed by atoms with E-state index in [1.54, 1.807) is 0 Å². The highest BCUT2D eigenvalue weighted by atomic mass is 16.6. The number of nitrogens with one attached hydrogen (secondary N) is 1. The number of benzene rings is 2. The fraction of sp³-hybridized carbons (Fsp3) is 0.364. The van der Waals surface area contributed by atoms with Crippen molar-refractivity contribution in [3.8, 4) is 0 Å². The van der Waals surface area contributed by atoms with Gasteiger partial charge in [-0.15, -0.1) is 0 Å². The van der Waals surface area contributed by atoms with Gasteiger partial charge in [-0.3, -0.25) is 9.69 Å². The van der Waals surface area contributed by atoms with Crippen molar-refractivity contribution in [3.63, 3.8) is 0 Å². The number of amides is 2. The molecule has 0 spiro atoms. The fourth-order valence-electron chi connectivity index (χ4n) is 3.90. The second-order valence-corrected chi connectivity index (χ2v) is 7.50. The average molecular weight is 380 g/mol. The number of cyclic esters (lactones) is 1. The predicted octanol–water partition coefficient (Wildman–Crippen LogP) is 3.42. The van der Waals surface area contributed by atoms with E-state index in [2.05, 4.69) is 5.32 Å². The van der Waals surface area contributed by atoms with E-state index in [0.29, 0.717) is 0 Å². The molecule has 6 nitrogen and oxygen atoms in total. The predicted molar refractivity (Wildman–Crippen MR) is 103 cm³/mol. The van der Waals surface area contributed by atoms with E-state index in [0.717, 1.165) is 11.1 Å². The van der Waals surface area contributed by atoms with E-state index >= 15 is 0 Å². The molecule has 0 radical (unpaired) electrons. The lowest BCUT2D eigenvalue weighted by atomic mass is 9.93. The van der Waals surface area contributed by atoms with Gasteiger partial charge in [0.25, 0.3) is 0 Å². The fourth-order valence-corrected chi connectivity index (χ4v) is 3.90. The van der Waals surface area contributed by atoms with Gasteiger partial charge in [-0.1, -0.05) is 74.5 Å². The van der Waals surface area contributed by atoms with Crippen LogP contribution in [0.1, 0.15) is 37.2 Å². The Balaban J connectivity index is 1.65. The minimum atomic E-state index is -0.750. The summed E-state index contributed by atoms with van der Waals surface area (Å²) >= 11 is 0. The van der Waals surface area contributed by atoms with Crippen LogP contribution in [-0.2, 0) is 14.3 Å². The molecule has 2 amide bonds. The maximum Gasteiger partial charge on any atom is 0.411 e. The summed E-state index contributed by atoms with van der Waals surface area (Å²) in [5.74, 6) is -0.189. The van der Waals surface area contributed by atoms with Gasteiger partial charge < -0.3 is 14.8 Å². The molecule has 2 aromatic rings. The van der Waals surface area contributed by atoms with E-state index in [1.165, 1.54) is 4.90 Å². The normalized spacial score (nSPS) is 27.6. The van der Waals surface area contributed by atoms with Crippen molar-refractivity contribution in [2.75, 3.05) is 6.61 Å². The average Bonchev–Trinajstić information content (AvgIpc) is 3.09. The second kappa shape index (κ2) is 7.64. The van der Waals surface area contributed by atoms with Gasteiger partial charge >= 0.3 is 6.09 Å². The summed E-state index contributed by atoms with van der Waals surface area (Å²) in [6.45, 7) is 4.22. The maximum absolute atomic E-state index is 13.2. The first-order valence-corrected chi connectivity index (χ1v) is 9.57. The Morgan fingerprint density at radius 3 is 2.18 bits per heavy atom. The molecule has 2 saturated heterocycles. The van der Waals surface area contributed by atoms with Crippen LogP contribution < -0.4 is 5.32 Å². The van der Waals surface area contributed by atoms with Crippen LogP contribution >= 0.6 is 0 Å². The Labute approximate surface area is 164 Å². The van der Waals surface area contributed by atoms with Crippen molar-refractivity contribution in [2.45, 2.75) is 38.3 Å². The quantitative estimate of drug-likeness (QED) is 0.883. The van der Waals surface area contributed by atoms with Gasteiger partial charge in [0.2, 0.25) is 5.91 Å². The molecular formula is C22H24N2O4. The first-order valence-electron chi connectivity index (χ1n) is 9.57. The van der Waals surface area contributed by atoms with Crippen molar-refractivity contribution in [2.24, 2.45) is 5.92 Å². The van der Waals surface area contributed by atoms with Crippen LogP contribution in [0, 0.1) is 5.92 Å². The van der Waals surface area contributed by atoms with Gasteiger partial charge in [0, 0.05) is 5.56 Å². The lowest BCUT2D eigenvalue weighted by Crippen LogP contribution is -2.61. The molecule has 4 atom stereocenters. The van der Waals surface area contributed by atoms with Crippen LogP contribution in [0.25, 0.3) is 0 Å². The number of carbonyl (C=O) groups excluding carboxylic acids is 2. The van der Waals surface area contributed by atoms with Crippen LogP contribution in [0.4, 0.5) is 4.79 Å². The number of carbonyl (C=O) groups is 2. The Morgan fingerprint density at radius 2 is 1.57 bits per heavy atom. The summed E-state index contributed by atoms with van der Waals surface area (Å²) in [4.78, 5) is 27.3. The molecule has 1 N–H and O–H groups in total. The molecule has 0 aliphatic carbocycles. The van der Waals surface area contributed by atoms with Gasteiger partial charge in [-0.25, -0.2) is 4.79 Å². The number of hydrogen-bond acceptors (Lipinski definition) is 4. The molecule has 28 heavy (non-hydrogen) atoms. The smallest absolute Gasteiger partial charge is 0.411 e. The van der Waals surface area contributed by atoms with E-state index in [-0.39, 0.29) is 24.5 Å². The van der Waals surface area contributed by atoms with Crippen LogP contribution in [0.15, 0.2) is 60.7 Å². The zero-order chi connectivity index (χ0) is 19.7. The highest BCUT2D eigenvalue weighted by Crippen LogP contribution is 2.36. The van der Waals surface area contributed by atoms with E-state index < -0.39 is 24.5 Å². The minimum absolute atomic E-state index is 0.0343. The number of nitrogens with zero attached hydrogens (tertiary/aromatic N) is 1. The second-order valence-electron chi connectivity index (χ2n) is 7.50. The Kier molecular flexibility index (Phi) is 5.05. The first kappa shape index (κ1) is 18.5. The topological polar surface area (TPSA) is 67.9 Å². The summed E-state index contributed by atoms with van der Waals surface area (Å²) in [5, 5.41) is 2.93. The zero-order valence-corrected chi connectivity index (χ0v) is 15.9. The molecule has 4 rings (SSSR count). The van der Waals surface area contributed by atoms with Crippen molar-refractivity contribution in [1.29, 1.82) is 0 Å². The van der Waals surface area contributed by atoms with Crippen molar-refractivity contribution < 1.29 is 19.1 Å². The lowest BCUT2D eigenvalue weighted by Gasteiger charge is -2.43. The van der Waals surface area contributed by atoms with Crippen molar-refractivity contribution in [3.05, 3.63) is 71.8 Å². The van der Waals surface area contributed by atoms with E-state index in [9.17, 15) is 9.59 Å². The highest BCUT2D eigenvalue weighted by Gasteiger charge is 2.50. The van der Waals surface area contributed by atoms with E-state index in [4.69, 9.17) is 9.47 Å². The molecule has 2 fully saturated rings. The molecule has 0 saturated carbocycles. The molecule has 0 unspecified atom stereocenters. The minimum Gasteiger partial charge on any atom is -0.447 e. The number of hydrogen-bond donors (Lipinski definition) is 1. The molecule has 2 aromatic carbocycles. The summed E-state index contributed by atoms with van der Waals surface area (Å²) in [7, 11) is 0. The lowest BCUT2D eigenvalue weighted by molar-refractivity contribution is -0.162.